The number of esters is 2. The van der Waals surface area contributed by atoms with Crippen molar-refractivity contribution in [3.8, 4) is 17.2 Å². The molecular formula is C23H24O7. The zero-order valence-electron chi connectivity index (χ0n) is 16.7. The second kappa shape index (κ2) is 12.0. The van der Waals surface area contributed by atoms with E-state index in [1.54, 1.807) is 55.5 Å². The smallest absolute Gasteiger partial charge is 0.343 e. The van der Waals surface area contributed by atoms with Crippen molar-refractivity contribution in [2.45, 2.75) is 13.0 Å². The van der Waals surface area contributed by atoms with Crippen molar-refractivity contribution in [1.29, 1.82) is 0 Å². The van der Waals surface area contributed by atoms with Crippen molar-refractivity contribution in [3.05, 3.63) is 79.6 Å². The normalized spacial score (nSPS) is 11.0. The molecule has 0 amide bonds. The van der Waals surface area contributed by atoms with Gasteiger partial charge in [-0.15, -0.1) is 0 Å². The Morgan fingerprint density at radius 1 is 0.900 bits per heavy atom. The molecule has 0 saturated carbocycles. The molecule has 158 valence electrons. The number of ether oxygens (including phenoxy) is 5. The number of rotatable bonds is 12. The van der Waals surface area contributed by atoms with Crippen molar-refractivity contribution in [2.75, 3.05) is 19.8 Å². The summed E-state index contributed by atoms with van der Waals surface area (Å²) in [4.78, 5) is 23.4. The van der Waals surface area contributed by atoms with Crippen LogP contribution in [0, 0.1) is 0 Å². The Bertz CT molecular complexity index is 841. The molecule has 0 bridgehead atoms. The van der Waals surface area contributed by atoms with Crippen molar-refractivity contribution in [1.82, 2.24) is 0 Å². The molecule has 7 heteroatoms. The van der Waals surface area contributed by atoms with E-state index in [0.29, 0.717) is 36.0 Å². The van der Waals surface area contributed by atoms with E-state index in [9.17, 15) is 9.59 Å². The molecule has 2 aromatic rings. The maximum absolute atomic E-state index is 12.3. The maximum atomic E-state index is 12.3. The van der Waals surface area contributed by atoms with Gasteiger partial charge in [-0.1, -0.05) is 13.2 Å². The summed E-state index contributed by atoms with van der Waals surface area (Å²) in [5.41, 5.74) is 0.392. The molecule has 1 unspecified atom stereocenters. The van der Waals surface area contributed by atoms with Crippen molar-refractivity contribution in [3.63, 3.8) is 0 Å². The van der Waals surface area contributed by atoms with Crippen molar-refractivity contribution >= 4 is 11.9 Å². The zero-order valence-corrected chi connectivity index (χ0v) is 16.7. The molecule has 0 spiro atoms. The van der Waals surface area contributed by atoms with Gasteiger partial charge in [0, 0.05) is 6.08 Å². The Balaban J connectivity index is 1.81. The Morgan fingerprint density at radius 3 is 2.13 bits per heavy atom. The lowest BCUT2D eigenvalue weighted by atomic mass is 10.2. The molecular weight excluding hydrogens is 388 g/mol. The third-order valence-corrected chi connectivity index (χ3v) is 3.68. The third-order valence-electron chi connectivity index (χ3n) is 3.68. The Labute approximate surface area is 175 Å². The predicted molar refractivity (Wildman–Crippen MR) is 111 cm³/mol. The van der Waals surface area contributed by atoms with Crippen LogP contribution in [0.1, 0.15) is 17.3 Å². The average Bonchev–Trinajstić information content (AvgIpc) is 2.76. The van der Waals surface area contributed by atoms with Crippen LogP contribution in [0.5, 0.6) is 17.2 Å². The molecule has 0 radical (unpaired) electrons. The molecule has 0 aliphatic carbocycles. The highest BCUT2D eigenvalue weighted by atomic mass is 16.6. The topological polar surface area (TPSA) is 80.3 Å². The first-order valence-corrected chi connectivity index (χ1v) is 9.25. The largest absolute Gasteiger partial charge is 0.498 e. The van der Waals surface area contributed by atoms with Crippen LogP contribution in [0.15, 0.2) is 74.0 Å². The molecule has 0 N–H and O–H groups in total. The lowest BCUT2D eigenvalue weighted by Gasteiger charge is -2.13. The number of hydrogen-bond donors (Lipinski definition) is 0. The van der Waals surface area contributed by atoms with E-state index < -0.39 is 18.0 Å². The number of benzene rings is 2. The predicted octanol–water partition coefficient (Wildman–Crippen LogP) is 3.94. The molecule has 0 aromatic heterocycles. The van der Waals surface area contributed by atoms with Crippen LogP contribution >= 0.6 is 0 Å². The van der Waals surface area contributed by atoms with E-state index in [1.165, 1.54) is 6.26 Å². The zero-order chi connectivity index (χ0) is 21.8. The van der Waals surface area contributed by atoms with Gasteiger partial charge in [0.1, 0.15) is 43.2 Å². The molecule has 1 atom stereocenters. The van der Waals surface area contributed by atoms with Gasteiger partial charge in [-0.25, -0.2) is 9.59 Å². The molecule has 0 fully saturated rings. The lowest BCUT2D eigenvalue weighted by Crippen LogP contribution is -2.20. The van der Waals surface area contributed by atoms with Crippen LogP contribution in [0.25, 0.3) is 0 Å². The SMILES string of the molecule is C=COCCOc1ccc(C(=O)Oc2ccc(OCC(C)OC(=O)C=C)cc2)cc1. The summed E-state index contributed by atoms with van der Waals surface area (Å²) in [6.45, 7) is 9.46. The van der Waals surface area contributed by atoms with Crippen LogP contribution in [0.3, 0.4) is 0 Å². The maximum Gasteiger partial charge on any atom is 0.343 e. The van der Waals surface area contributed by atoms with Gasteiger partial charge in [0.25, 0.3) is 0 Å². The van der Waals surface area contributed by atoms with Gasteiger partial charge in [0.15, 0.2) is 0 Å². The molecule has 7 nitrogen and oxygen atoms in total. The fourth-order valence-electron chi connectivity index (χ4n) is 2.24. The Kier molecular flexibility index (Phi) is 8.99. The number of hydrogen-bond acceptors (Lipinski definition) is 7. The summed E-state index contributed by atoms with van der Waals surface area (Å²) in [6, 6.07) is 13.2. The van der Waals surface area contributed by atoms with Gasteiger partial charge in [-0.2, -0.15) is 0 Å². The molecule has 0 saturated heterocycles. The van der Waals surface area contributed by atoms with Crippen LogP contribution in [-0.2, 0) is 14.3 Å². The van der Waals surface area contributed by atoms with E-state index in [0.717, 1.165) is 6.08 Å². The van der Waals surface area contributed by atoms with E-state index in [4.69, 9.17) is 23.7 Å². The van der Waals surface area contributed by atoms with Crippen LogP contribution in [-0.4, -0.2) is 37.9 Å². The van der Waals surface area contributed by atoms with E-state index >= 15 is 0 Å². The van der Waals surface area contributed by atoms with Crippen LogP contribution in [0.2, 0.25) is 0 Å². The van der Waals surface area contributed by atoms with E-state index in [2.05, 4.69) is 13.2 Å². The molecule has 0 heterocycles. The standard InChI is InChI=1S/C23H24O7/c1-4-22(24)29-17(3)16-28-20-10-12-21(13-11-20)30-23(25)18-6-8-19(9-7-18)27-15-14-26-5-2/h4-13,17H,1-2,14-16H2,3H3. The number of carbonyl (C=O) groups is 2. The molecule has 2 rings (SSSR count). The van der Waals surface area contributed by atoms with Gasteiger partial charge in [0.05, 0.1) is 11.8 Å². The average molecular weight is 412 g/mol. The summed E-state index contributed by atoms with van der Waals surface area (Å²) in [5, 5.41) is 0. The summed E-state index contributed by atoms with van der Waals surface area (Å²) >= 11 is 0. The molecule has 0 aliphatic rings. The second-order valence-corrected chi connectivity index (χ2v) is 6.03. The third kappa shape index (κ3) is 7.71. The first-order valence-electron chi connectivity index (χ1n) is 9.25. The first-order chi connectivity index (χ1) is 14.5. The minimum absolute atomic E-state index is 0.187. The minimum atomic E-state index is -0.505. The highest BCUT2D eigenvalue weighted by molar-refractivity contribution is 5.91. The summed E-state index contributed by atoms with van der Waals surface area (Å²) < 4.78 is 26.4. The highest BCUT2D eigenvalue weighted by Gasteiger charge is 2.10. The van der Waals surface area contributed by atoms with Gasteiger partial charge in [-0.3, -0.25) is 0 Å². The van der Waals surface area contributed by atoms with E-state index in [1.807, 2.05) is 0 Å². The Hall–Kier alpha value is -3.74. The second-order valence-electron chi connectivity index (χ2n) is 6.03. The van der Waals surface area contributed by atoms with Crippen LogP contribution in [0.4, 0.5) is 0 Å². The highest BCUT2D eigenvalue weighted by Crippen LogP contribution is 2.20. The minimum Gasteiger partial charge on any atom is -0.498 e. The van der Waals surface area contributed by atoms with Crippen molar-refractivity contribution in [2.24, 2.45) is 0 Å². The van der Waals surface area contributed by atoms with Crippen LogP contribution < -0.4 is 14.2 Å². The van der Waals surface area contributed by atoms with Gasteiger partial charge < -0.3 is 23.7 Å². The fraction of sp³-hybridized carbons (Fsp3) is 0.217. The monoisotopic (exact) mass is 412 g/mol. The Morgan fingerprint density at radius 2 is 1.50 bits per heavy atom. The summed E-state index contributed by atoms with van der Waals surface area (Å²) in [6.07, 6.45) is 2.02. The summed E-state index contributed by atoms with van der Waals surface area (Å²) in [7, 11) is 0. The van der Waals surface area contributed by atoms with Gasteiger partial charge in [0.2, 0.25) is 0 Å². The van der Waals surface area contributed by atoms with E-state index in [-0.39, 0.29) is 6.61 Å². The molecule has 30 heavy (non-hydrogen) atoms. The van der Waals surface area contributed by atoms with Crippen molar-refractivity contribution < 1.29 is 33.3 Å². The fourth-order valence-corrected chi connectivity index (χ4v) is 2.24. The molecule has 2 aromatic carbocycles. The van der Waals surface area contributed by atoms with Gasteiger partial charge in [-0.05, 0) is 55.5 Å². The lowest BCUT2D eigenvalue weighted by molar-refractivity contribution is -0.143. The number of carbonyl (C=O) groups excluding carboxylic acids is 2. The molecule has 0 aliphatic heterocycles. The quantitative estimate of drug-likeness (QED) is 0.172. The first kappa shape index (κ1) is 22.5. The summed E-state index contributed by atoms with van der Waals surface area (Å²) in [5.74, 6) is 0.553. The van der Waals surface area contributed by atoms with Gasteiger partial charge >= 0.3 is 11.9 Å².